The highest BCUT2D eigenvalue weighted by Crippen LogP contribution is 2.33. The third-order valence-corrected chi connectivity index (χ3v) is 3.77. The van der Waals surface area contributed by atoms with Crippen molar-refractivity contribution in [1.29, 1.82) is 0 Å². The van der Waals surface area contributed by atoms with Gasteiger partial charge in [0, 0.05) is 36.9 Å². The number of benzene rings is 1. The van der Waals surface area contributed by atoms with E-state index in [4.69, 9.17) is 5.73 Å². The average Bonchev–Trinajstić information content (AvgIpc) is 3.25. The number of rotatable bonds is 4. The highest BCUT2D eigenvalue weighted by Gasteiger charge is 2.26. The zero-order chi connectivity index (χ0) is 15.0. The molecule has 21 heavy (non-hydrogen) atoms. The second-order valence-electron chi connectivity index (χ2n) is 5.39. The van der Waals surface area contributed by atoms with E-state index in [9.17, 15) is 9.59 Å². The molecule has 6 nitrogen and oxygen atoms in total. The molecule has 0 atom stereocenters. The lowest BCUT2D eigenvalue weighted by atomic mass is 10.2. The summed E-state index contributed by atoms with van der Waals surface area (Å²) in [7, 11) is 1.69. The van der Waals surface area contributed by atoms with Gasteiger partial charge in [-0.3, -0.25) is 13.9 Å². The first kappa shape index (κ1) is 13.5. The third-order valence-electron chi connectivity index (χ3n) is 3.77. The Morgan fingerprint density at radius 2 is 1.95 bits per heavy atom. The number of likely N-dealkylation sites (N-methyl/N-ethyl adjacent to an activating group) is 1. The first-order chi connectivity index (χ1) is 10.1. The van der Waals surface area contributed by atoms with Crippen molar-refractivity contribution in [2.45, 2.75) is 25.4 Å². The molecule has 0 aliphatic heterocycles. The van der Waals surface area contributed by atoms with Crippen LogP contribution in [0.4, 0.5) is 11.4 Å². The first-order valence-electron chi connectivity index (χ1n) is 6.95. The topological polar surface area (TPSA) is 73.3 Å². The highest BCUT2D eigenvalue weighted by molar-refractivity contribution is 5.92. The molecule has 0 unspecified atom stereocenters. The van der Waals surface area contributed by atoms with E-state index in [-0.39, 0.29) is 18.1 Å². The standard InChI is InChI=1S/C15H18N4O2/c1-17(12-4-2-11(16)3-5-12)14(20)10-18-8-9-19(15(18)21)13-6-7-13/h2-5,8-9,13H,6-7,10,16H2,1H3. The Balaban J connectivity index is 1.73. The van der Waals surface area contributed by atoms with Crippen LogP contribution < -0.4 is 16.3 Å². The number of hydrogen-bond acceptors (Lipinski definition) is 3. The lowest BCUT2D eigenvalue weighted by Gasteiger charge is -2.17. The van der Waals surface area contributed by atoms with Gasteiger partial charge in [-0.15, -0.1) is 0 Å². The molecule has 2 aromatic rings. The number of hydrogen-bond donors (Lipinski definition) is 1. The van der Waals surface area contributed by atoms with Gasteiger partial charge in [0.15, 0.2) is 0 Å². The van der Waals surface area contributed by atoms with Crippen LogP contribution in [0.5, 0.6) is 0 Å². The van der Waals surface area contributed by atoms with Crippen LogP contribution in [0.15, 0.2) is 41.5 Å². The number of carbonyl (C=O) groups excluding carboxylic acids is 1. The summed E-state index contributed by atoms with van der Waals surface area (Å²) in [5, 5.41) is 0. The fourth-order valence-corrected chi connectivity index (χ4v) is 2.27. The maximum Gasteiger partial charge on any atom is 0.328 e. The van der Waals surface area contributed by atoms with Crippen LogP contribution in [-0.4, -0.2) is 22.1 Å². The van der Waals surface area contributed by atoms with Gasteiger partial charge in [-0.05, 0) is 37.1 Å². The summed E-state index contributed by atoms with van der Waals surface area (Å²) in [5.74, 6) is -0.143. The number of nitrogens with zero attached hydrogens (tertiary/aromatic N) is 3. The minimum Gasteiger partial charge on any atom is -0.399 e. The molecule has 6 heteroatoms. The molecule has 0 spiro atoms. The van der Waals surface area contributed by atoms with Crippen LogP contribution >= 0.6 is 0 Å². The lowest BCUT2D eigenvalue weighted by molar-refractivity contribution is -0.118. The second kappa shape index (κ2) is 5.12. The van der Waals surface area contributed by atoms with Crippen molar-refractivity contribution in [2.24, 2.45) is 0 Å². The normalized spacial score (nSPS) is 14.1. The van der Waals surface area contributed by atoms with Gasteiger partial charge in [0.1, 0.15) is 6.54 Å². The molecule has 0 saturated heterocycles. The van der Waals surface area contributed by atoms with E-state index in [1.807, 2.05) is 0 Å². The smallest absolute Gasteiger partial charge is 0.328 e. The highest BCUT2D eigenvalue weighted by atomic mass is 16.2. The van der Waals surface area contributed by atoms with Gasteiger partial charge in [-0.25, -0.2) is 4.79 Å². The van der Waals surface area contributed by atoms with Gasteiger partial charge in [-0.2, -0.15) is 0 Å². The maximum absolute atomic E-state index is 12.3. The minimum absolute atomic E-state index is 0.0411. The molecule has 1 aliphatic carbocycles. The molecule has 0 bridgehead atoms. The monoisotopic (exact) mass is 286 g/mol. The summed E-state index contributed by atoms with van der Waals surface area (Å²) in [4.78, 5) is 25.9. The van der Waals surface area contributed by atoms with Crippen molar-refractivity contribution < 1.29 is 4.79 Å². The van der Waals surface area contributed by atoms with Crippen molar-refractivity contribution >= 4 is 17.3 Å². The molecule has 2 N–H and O–H groups in total. The van der Waals surface area contributed by atoms with Gasteiger partial charge in [0.2, 0.25) is 5.91 Å². The van der Waals surface area contributed by atoms with Gasteiger partial charge < -0.3 is 10.6 Å². The zero-order valence-electron chi connectivity index (χ0n) is 11.9. The number of amides is 1. The molecule has 110 valence electrons. The molecule has 1 fully saturated rings. The second-order valence-corrected chi connectivity index (χ2v) is 5.39. The lowest BCUT2D eigenvalue weighted by Crippen LogP contribution is -2.34. The Kier molecular flexibility index (Phi) is 3.29. The Labute approximate surface area is 122 Å². The SMILES string of the molecule is CN(C(=O)Cn1ccn(C2CC2)c1=O)c1ccc(N)cc1. The predicted molar refractivity (Wildman–Crippen MR) is 81.2 cm³/mol. The van der Waals surface area contributed by atoms with E-state index in [1.165, 1.54) is 9.47 Å². The Hall–Kier alpha value is -2.50. The number of carbonyl (C=O) groups is 1. The Morgan fingerprint density at radius 1 is 1.29 bits per heavy atom. The number of aromatic nitrogens is 2. The summed E-state index contributed by atoms with van der Waals surface area (Å²) in [6.45, 7) is 0.0411. The molecule has 1 saturated carbocycles. The number of anilines is 2. The molecule has 1 amide bonds. The van der Waals surface area contributed by atoms with Gasteiger partial charge >= 0.3 is 5.69 Å². The molecule has 1 aromatic carbocycles. The maximum atomic E-state index is 12.3. The summed E-state index contributed by atoms with van der Waals surface area (Å²) >= 11 is 0. The van der Waals surface area contributed by atoms with Crippen molar-refractivity contribution in [1.82, 2.24) is 9.13 Å². The molecule has 3 rings (SSSR count). The van der Waals surface area contributed by atoms with Crippen LogP contribution in [0.2, 0.25) is 0 Å². The summed E-state index contributed by atoms with van der Waals surface area (Å²) in [6.07, 6.45) is 5.53. The van der Waals surface area contributed by atoms with Crippen LogP contribution in [0.25, 0.3) is 0 Å². The van der Waals surface area contributed by atoms with Crippen molar-refractivity contribution in [2.75, 3.05) is 17.7 Å². The van der Waals surface area contributed by atoms with Crippen molar-refractivity contribution in [3.05, 3.63) is 47.1 Å². The van der Waals surface area contributed by atoms with E-state index in [1.54, 1.807) is 48.3 Å². The Morgan fingerprint density at radius 3 is 2.57 bits per heavy atom. The van der Waals surface area contributed by atoms with E-state index in [0.717, 1.165) is 18.5 Å². The minimum atomic E-state index is -0.143. The molecule has 1 aliphatic rings. The molecule has 1 aromatic heterocycles. The fourth-order valence-electron chi connectivity index (χ4n) is 2.27. The Bertz CT molecular complexity index is 710. The number of imidazole rings is 1. The third kappa shape index (κ3) is 2.69. The van der Waals surface area contributed by atoms with Crippen LogP contribution in [0.3, 0.4) is 0 Å². The molecular weight excluding hydrogens is 268 g/mol. The first-order valence-corrected chi connectivity index (χ1v) is 6.95. The van der Waals surface area contributed by atoms with Crippen LogP contribution in [0.1, 0.15) is 18.9 Å². The predicted octanol–water partition coefficient (Wildman–Crippen LogP) is 1.23. The molecular formula is C15H18N4O2. The molecule has 1 heterocycles. The summed E-state index contributed by atoms with van der Waals surface area (Å²) in [6, 6.07) is 7.38. The molecule has 0 radical (unpaired) electrons. The van der Waals surface area contributed by atoms with Gasteiger partial charge in [-0.1, -0.05) is 0 Å². The van der Waals surface area contributed by atoms with E-state index >= 15 is 0 Å². The quantitative estimate of drug-likeness (QED) is 0.859. The zero-order valence-corrected chi connectivity index (χ0v) is 11.9. The van der Waals surface area contributed by atoms with Crippen LogP contribution in [-0.2, 0) is 11.3 Å². The van der Waals surface area contributed by atoms with Gasteiger partial charge in [0.05, 0.1) is 0 Å². The van der Waals surface area contributed by atoms with E-state index < -0.39 is 0 Å². The van der Waals surface area contributed by atoms with E-state index in [0.29, 0.717) is 11.7 Å². The summed E-state index contributed by atoms with van der Waals surface area (Å²) in [5.41, 5.74) is 6.92. The number of nitrogens with two attached hydrogens (primary N) is 1. The largest absolute Gasteiger partial charge is 0.399 e. The van der Waals surface area contributed by atoms with Crippen molar-refractivity contribution in [3.63, 3.8) is 0 Å². The van der Waals surface area contributed by atoms with Gasteiger partial charge in [0.25, 0.3) is 0 Å². The summed E-state index contributed by atoms with van der Waals surface area (Å²) < 4.78 is 3.16. The fraction of sp³-hybridized carbons (Fsp3) is 0.333. The van der Waals surface area contributed by atoms with Crippen LogP contribution in [0, 0.1) is 0 Å². The van der Waals surface area contributed by atoms with E-state index in [2.05, 4.69) is 0 Å². The number of nitrogen functional groups attached to an aromatic ring is 1. The van der Waals surface area contributed by atoms with Crippen molar-refractivity contribution in [3.8, 4) is 0 Å². The average molecular weight is 286 g/mol.